The molecular weight excluding hydrogens is 362 g/mol. The van der Waals surface area contributed by atoms with Crippen molar-refractivity contribution < 1.29 is 13.6 Å². The first-order valence-electron chi connectivity index (χ1n) is 7.47. The number of benzene rings is 2. The van der Waals surface area contributed by atoms with Gasteiger partial charge in [-0.25, -0.2) is 13.8 Å². The van der Waals surface area contributed by atoms with E-state index in [0.717, 1.165) is 27.7 Å². The number of aromatic nitrogens is 1. The van der Waals surface area contributed by atoms with Crippen molar-refractivity contribution in [3.8, 4) is 11.3 Å². The molecule has 0 spiro atoms. The first-order chi connectivity index (χ1) is 12.0. The maximum Gasteiger partial charge on any atom is 0.237 e. The largest absolute Gasteiger partial charge is 0.320 e. The van der Waals surface area contributed by atoms with E-state index in [1.165, 1.54) is 29.2 Å². The number of thioether (sulfide) groups is 1. The number of hydrogen-bond acceptors (Lipinski definition) is 4. The van der Waals surface area contributed by atoms with Gasteiger partial charge in [0.2, 0.25) is 5.91 Å². The van der Waals surface area contributed by atoms with Crippen LogP contribution in [-0.4, -0.2) is 16.1 Å². The molecule has 7 heteroatoms. The van der Waals surface area contributed by atoms with Gasteiger partial charge in [0.15, 0.2) is 4.34 Å². The Morgan fingerprint density at radius 1 is 1.12 bits per heavy atom. The first-order valence-corrected chi connectivity index (χ1v) is 9.23. The fourth-order valence-electron chi connectivity index (χ4n) is 2.10. The molecule has 0 bridgehead atoms. The van der Waals surface area contributed by atoms with Crippen LogP contribution in [0.25, 0.3) is 11.3 Å². The monoisotopic (exact) mass is 376 g/mol. The van der Waals surface area contributed by atoms with Gasteiger partial charge in [-0.1, -0.05) is 48.2 Å². The van der Waals surface area contributed by atoms with Crippen molar-refractivity contribution in [1.82, 2.24) is 4.98 Å². The highest BCUT2D eigenvalue weighted by Gasteiger charge is 2.19. The third-order valence-electron chi connectivity index (χ3n) is 3.41. The van der Waals surface area contributed by atoms with Crippen LogP contribution in [0.1, 0.15) is 6.92 Å². The summed E-state index contributed by atoms with van der Waals surface area (Å²) < 4.78 is 28.0. The van der Waals surface area contributed by atoms with Crippen molar-refractivity contribution in [3.63, 3.8) is 0 Å². The molecule has 3 aromatic rings. The molecule has 0 aliphatic carbocycles. The van der Waals surface area contributed by atoms with Crippen LogP contribution in [-0.2, 0) is 4.79 Å². The number of thiazole rings is 1. The quantitative estimate of drug-likeness (QED) is 0.622. The first kappa shape index (κ1) is 17.6. The lowest BCUT2D eigenvalue weighted by Crippen LogP contribution is -2.23. The van der Waals surface area contributed by atoms with Gasteiger partial charge >= 0.3 is 0 Å². The number of nitrogens with zero attached hydrogens (tertiary/aromatic N) is 1. The van der Waals surface area contributed by atoms with Gasteiger partial charge in [0.1, 0.15) is 17.3 Å². The third-order valence-corrected chi connectivity index (χ3v) is 5.48. The van der Waals surface area contributed by atoms with Crippen LogP contribution in [0.15, 0.2) is 58.3 Å². The predicted octanol–water partition coefficient (Wildman–Crippen LogP) is 5.21. The molecule has 0 radical (unpaired) electrons. The van der Waals surface area contributed by atoms with Gasteiger partial charge in [0.25, 0.3) is 0 Å². The fourth-order valence-corrected chi connectivity index (χ4v) is 4.07. The zero-order valence-electron chi connectivity index (χ0n) is 13.2. The number of halogens is 2. The maximum atomic E-state index is 13.6. The molecule has 1 heterocycles. The number of anilines is 1. The smallest absolute Gasteiger partial charge is 0.237 e. The van der Waals surface area contributed by atoms with Crippen molar-refractivity contribution in [3.05, 3.63) is 65.5 Å². The Labute approximate surface area is 152 Å². The minimum absolute atomic E-state index is 0.427. The van der Waals surface area contributed by atoms with Crippen molar-refractivity contribution >= 4 is 34.7 Å². The number of rotatable bonds is 5. The highest BCUT2D eigenvalue weighted by molar-refractivity contribution is 8.02. The molecule has 2 aromatic carbocycles. The summed E-state index contributed by atoms with van der Waals surface area (Å²) in [6, 6.07) is 13.2. The maximum absolute atomic E-state index is 13.6. The Bertz CT molecular complexity index is 864. The zero-order valence-corrected chi connectivity index (χ0v) is 14.8. The summed E-state index contributed by atoms with van der Waals surface area (Å²) >= 11 is 2.68. The molecule has 0 aliphatic rings. The molecule has 25 heavy (non-hydrogen) atoms. The molecule has 1 aromatic heterocycles. The molecule has 3 rings (SSSR count). The Hall–Kier alpha value is -2.25. The van der Waals surface area contributed by atoms with Gasteiger partial charge in [0, 0.05) is 10.9 Å². The molecule has 0 saturated carbocycles. The van der Waals surface area contributed by atoms with Gasteiger partial charge < -0.3 is 5.32 Å². The standard InChI is InChI=1S/C18H14F2N2OS2/c1-11(17(23)22-16-13(19)8-5-9-14(16)20)25-18-21-15(10-24-18)12-6-3-2-4-7-12/h2-11H,1H3,(H,22,23). The van der Waals surface area contributed by atoms with Crippen LogP contribution in [0.5, 0.6) is 0 Å². The molecule has 1 unspecified atom stereocenters. The topological polar surface area (TPSA) is 42.0 Å². The van der Waals surface area contributed by atoms with E-state index in [-0.39, 0.29) is 0 Å². The van der Waals surface area contributed by atoms with Gasteiger partial charge in [-0.15, -0.1) is 11.3 Å². The molecule has 1 atom stereocenters. The molecule has 1 amide bonds. The van der Waals surface area contributed by atoms with Crippen molar-refractivity contribution in [2.24, 2.45) is 0 Å². The van der Waals surface area contributed by atoms with E-state index in [1.807, 2.05) is 35.7 Å². The SMILES string of the molecule is CC(Sc1nc(-c2ccccc2)cs1)C(=O)Nc1c(F)cccc1F. The normalized spacial score (nSPS) is 12.0. The van der Waals surface area contributed by atoms with E-state index < -0.39 is 28.5 Å². The van der Waals surface area contributed by atoms with Crippen LogP contribution in [0.2, 0.25) is 0 Å². The van der Waals surface area contributed by atoms with Crippen LogP contribution in [0, 0.1) is 11.6 Å². The van der Waals surface area contributed by atoms with Crippen molar-refractivity contribution in [1.29, 1.82) is 0 Å². The van der Waals surface area contributed by atoms with E-state index in [4.69, 9.17) is 0 Å². The summed E-state index contributed by atoms with van der Waals surface area (Å²) in [5.41, 5.74) is 1.40. The second kappa shape index (κ2) is 7.76. The second-order valence-corrected chi connectivity index (χ2v) is 7.66. The summed E-state index contributed by atoms with van der Waals surface area (Å²) in [6.07, 6.45) is 0. The van der Waals surface area contributed by atoms with Crippen molar-refractivity contribution in [2.75, 3.05) is 5.32 Å². The molecular formula is C18H14F2N2OS2. The van der Waals surface area contributed by atoms with E-state index in [2.05, 4.69) is 10.3 Å². The van der Waals surface area contributed by atoms with E-state index in [0.29, 0.717) is 0 Å². The van der Waals surface area contributed by atoms with Crippen LogP contribution in [0.4, 0.5) is 14.5 Å². The number of amides is 1. The minimum Gasteiger partial charge on any atom is -0.320 e. The number of carbonyl (C=O) groups excluding carboxylic acids is 1. The Kier molecular flexibility index (Phi) is 5.45. The van der Waals surface area contributed by atoms with Crippen LogP contribution >= 0.6 is 23.1 Å². The lowest BCUT2D eigenvalue weighted by Gasteiger charge is -2.11. The summed E-state index contributed by atoms with van der Waals surface area (Å²) in [7, 11) is 0. The number of carbonyl (C=O) groups is 1. The van der Waals surface area contributed by atoms with Gasteiger partial charge in [-0.3, -0.25) is 4.79 Å². The lowest BCUT2D eigenvalue weighted by molar-refractivity contribution is -0.115. The van der Waals surface area contributed by atoms with Gasteiger partial charge in [-0.05, 0) is 19.1 Å². The van der Waals surface area contributed by atoms with E-state index in [9.17, 15) is 13.6 Å². The van der Waals surface area contributed by atoms with Crippen LogP contribution in [0.3, 0.4) is 0 Å². The minimum atomic E-state index is -0.800. The molecule has 3 nitrogen and oxygen atoms in total. The summed E-state index contributed by atoms with van der Waals surface area (Å²) in [4.78, 5) is 16.7. The number of para-hydroxylation sites is 1. The Balaban J connectivity index is 1.67. The highest BCUT2D eigenvalue weighted by atomic mass is 32.2. The molecule has 0 saturated heterocycles. The van der Waals surface area contributed by atoms with Crippen LogP contribution < -0.4 is 5.32 Å². The molecule has 128 valence electrons. The summed E-state index contributed by atoms with van der Waals surface area (Å²) in [5, 5.41) is 3.67. The average Bonchev–Trinajstić information content (AvgIpc) is 3.07. The van der Waals surface area contributed by atoms with E-state index in [1.54, 1.807) is 6.92 Å². The third kappa shape index (κ3) is 4.24. The fraction of sp³-hybridized carbons (Fsp3) is 0.111. The average molecular weight is 376 g/mol. The van der Waals surface area contributed by atoms with Crippen molar-refractivity contribution in [2.45, 2.75) is 16.5 Å². The highest BCUT2D eigenvalue weighted by Crippen LogP contribution is 2.31. The zero-order chi connectivity index (χ0) is 17.8. The lowest BCUT2D eigenvalue weighted by atomic mass is 10.2. The Morgan fingerprint density at radius 2 is 1.80 bits per heavy atom. The number of nitrogens with one attached hydrogen (secondary N) is 1. The molecule has 0 aliphatic heterocycles. The predicted molar refractivity (Wildman–Crippen MR) is 97.9 cm³/mol. The van der Waals surface area contributed by atoms with Gasteiger partial charge in [-0.2, -0.15) is 0 Å². The molecule has 1 N–H and O–H groups in total. The Morgan fingerprint density at radius 3 is 2.48 bits per heavy atom. The summed E-state index contributed by atoms with van der Waals surface area (Å²) in [5.74, 6) is -2.08. The van der Waals surface area contributed by atoms with Gasteiger partial charge in [0.05, 0.1) is 10.9 Å². The molecule has 0 fully saturated rings. The summed E-state index contributed by atoms with van der Waals surface area (Å²) in [6.45, 7) is 1.67. The second-order valence-electron chi connectivity index (χ2n) is 5.21. The van der Waals surface area contributed by atoms with E-state index >= 15 is 0 Å². The number of hydrogen-bond donors (Lipinski definition) is 1.